The minimum Gasteiger partial charge on any atom is -0.438 e. The predicted octanol–water partition coefficient (Wildman–Crippen LogP) is 3.14. The zero-order valence-corrected chi connectivity index (χ0v) is 14.3. The number of rotatable bonds is 2. The summed E-state index contributed by atoms with van der Waals surface area (Å²) in [6.07, 6.45) is 2.17. The van der Waals surface area contributed by atoms with Gasteiger partial charge < -0.3 is 15.1 Å². The lowest BCUT2D eigenvalue weighted by atomic mass is 9.83. The second-order valence-corrected chi connectivity index (χ2v) is 7.41. The number of hydrogen-bond acceptors (Lipinski definition) is 5. The van der Waals surface area contributed by atoms with Crippen LogP contribution in [0.4, 0.5) is 5.88 Å². The molecule has 0 aliphatic carbocycles. The monoisotopic (exact) mass is 315 g/mol. The fraction of sp³-hybridized carbons (Fsp3) is 0.556. The molecule has 2 N–H and O–H groups in total. The van der Waals surface area contributed by atoms with Gasteiger partial charge in [0.25, 0.3) is 0 Å². The van der Waals surface area contributed by atoms with Gasteiger partial charge in [-0.05, 0) is 38.2 Å². The van der Waals surface area contributed by atoms with E-state index in [0.717, 1.165) is 31.6 Å². The molecule has 2 aromatic rings. The number of pyridine rings is 1. The molecule has 23 heavy (non-hydrogen) atoms. The van der Waals surface area contributed by atoms with Crippen molar-refractivity contribution in [1.29, 1.82) is 0 Å². The van der Waals surface area contributed by atoms with E-state index in [4.69, 9.17) is 10.2 Å². The lowest BCUT2D eigenvalue weighted by molar-refractivity contribution is 0.274. The van der Waals surface area contributed by atoms with Gasteiger partial charge in [-0.1, -0.05) is 13.8 Å². The highest BCUT2D eigenvalue weighted by molar-refractivity contribution is 5.80. The van der Waals surface area contributed by atoms with Gasteiger partial charge in [-0.2, -0.15) is 0 Å². The van der Waals surface area contributed by atoms with Gasteiger partial charge in [0.15, 0.2) is 16.9 Å². The normalized spacial score (nSPS) is 19.1. The van der Waals surface area contributed by atoms with E-state index in [9.17, 15) is 4.79 Å². The maximum absolute atomic E-state index is 12.5. The molecule has 1 atom stereocenters. The van der Waals surface area contributed by atoms with E-state index in [-0.39, 0.29) is 11.5 Å². The summed E-state index contributed by atoms with van der Waals surface area (Å²) in [5.41, 5.74) is 8.30. The average Bonchev–Trinajstić information content (AvgIpc) is 2.47. The van der Waals surface area contributed by atoms with Gasteiger partial charge in [0.05, 0.1) is 5.39 Å². The third kappa shape index (κ3) is 3.11. The summed E-state index contributed by atoms with van der Waals surface area (Å²) in [7, 11) is 0. The highest BCUT2D eigenvalue weighted by atomic mass is 16.4. The van der Waals surface area contributed by atoms with Crippen LogP contribution in [0.1, 0.15) is 51.0 Å². The van der Waals surface area contributed by atoms with Crippen molar-refractivity contribution in [2.45, 2.75) is 46.6 Å². The fourth-order valence-electron chi connectivity index (χ4n) is 3.10. The Kier molecular flexibility index (Phi) is 3.92. The maximum Gasteiger partial charge on any atom is 0.200 e. The molecule has 0 aromatic carbocycles. The van der Waals surface area contributed by atoms with Crippen LogP contribution in [0.25, 0.3) is 11.0 Å². The largest absolute Gasteiger partial charge is 0.438 e. The lowest BCUT2D eigenvalue weighted by Gasteiger charge is -2.37. The number of nitrogens with zero attached hydrogens (tertiary/aromatic N) is 2. The standard InChI is InChI=1S/C18H25N3O2/c1-11-9-13-14(22)10-15(21-7-5-18(3,4)6-8-21)23-17(13)16(20-11)12(2)19/h9-10,12H,5-8,19H2,1-4H3/t12-/m1/s1. The topological polar surface area (TPSA) is 72.4 Å². The molecule has 0 saturated carbocycles. The zero-order chi connectivity index (χ0) is 16.8. The van der Waals surface area contributed by atoms with Crippen LogP contribution in [0.5, 0.6) is 0 Å². The molecule has 124 valence electrons. The number of aryl methyl sites for hydroxylation is 1. The first-order valence-corrected chi connectivity index (χ1v) is 8.23. The minimum absolute atomic E-state index is 0.0292. The van der Waals surface area contributed by atoms with Crippen LogP contribution in [-0.2, 0) is 0 Å². The van der Waals surface area contributed by atoms with Gasteiger partial charge in [0, 0.05) is 30.9 Å². The summed E-state index contributed by atoms with van der Waals surface area (Å²) in [5, 5.41) is 0.561. The van der Waals surface area contributed by atoms with E-state index >= 15 is 0 Å². The van der Waals surface area contributed by atoms with E-state index in [1.807, 2.05) is 13.8 Å². The van der Waals surface area contributed by atoms with Crippen molar-refractivity contribution in [2.24, 2.45) is 11.1 Å². The molecule has 3 heterocycles. The van der Waals surface area contributed by atoms with Crippen LogP contribution >= 0.6 is 0 Å². The number of aromatic nitrogens is 1. The molecule has 0 radical (unpaired) electrons. The smallest absolute Gasteiger partial charge is 0.200 e. The molecule has 2 aromatic heterocycles. The number of anilines is 1. The second-order valence-electron chi connectivity index (χ2n) is 7.41. The Labute approximate surface area is 136 Å². The number of fused-ring (bicyclic) bond motifs is 1. The summed E-state index contributed by atoms with van der Waals surface area (Å²) < 4.78 is 6.08. The van der Waals surface area contributed by atoms with Gasteiger partial charge in [0.1, 0.15) is 5.69 Å². The third-order valence-corrected chi connectivity index (χ3v) is 4.71. The highest BCUT2D eigenvalue weighted by Gasteiger charge is 2.27. The summed E-state index contributed by atoms with van der Waals surface area (Å²) >= 11 is 0. The van der Waals surface area contributed by atoms with E-state index in [1.54, 1.807) is 12.1 Å². The summed E-state index contributed by atoms with van der Waals surface area (Å²) in [4.78, 5) is 19.2. The average molecular weight is 315 g/mol. The van der Waals surface area contributed by atoms with E-state index in [1.165, 1.54) is 0 Å². The maximum atomic E-state index is 12.5. The molecular formula is C18H25N3O2. The first kappa shape index (κ1) is 16.0. The molecule has 5 heteroatoms. The molecule has 1 fully saturated rings. The van der Waals surface area contributed by atoms with Crippen molar-refractivity contribution >= 4 is 16.9 Å². The van der Waals surface area contributed by atoms with Crippen LogP contribution in [0.2, 0.25) is 0 Å². The Balaban J connectivity index is 2.09. The van der Waals surface area contributed by atoms with Crippen LogP contribution < -0.4 is 16.1 Å². The Hall–Kier alpha value is -1.88. The first-order valence-electron chi connectivity index (χ1n) is 8.23. The predicted molar refractivity (Wildman–Crippen MR) is 92.8 cm³/mol. The summed E-state index contributed by atoms with van der Waals surface area (Å²) in [6, 6.07) is 3.09. The summed E-state index contributed by atoms with van der Waals surface area (Å²) in [6.45, 7) is 10.1. The third-order valence-electron chi connectivity index (χ3n) is 4.71. The summed E-state index contributed by atoms with van der Waals surface area (Å²) in [5.74, 6) is 0.630. The number of nitrogens with two attached hydrogens (primary N) is 1. The van der Waals surface area contributed by atoms with Crippen LogP contribution in [0.15, 0.2) is 21.3 Å². The highest BCUT2D eigenvalue weighted by Crippen LogP contribution is 2.33. The molecule has 1 saturated heterocycles. The van der Waals surface area contributed by atoms with Crippen molar-refractivity contribution < 1.29 is 4.42 Å². The molecular weight excluding hydrogens is 290 g/mol. The second kappa shape index (κ2) is 5.64. The van der Waals surface area contributed by atoms with Gasteiger partial charge >= 0.3 is 0 Å². The van der Waals surface area contributed by atoms with E-state index in [2.05, 4.69) is 23.7 Å². The van der Waals surface area contributed by atoms with Crippen molar-refractivity contribution in [1.82, 2.24) is 4.98 Å². The molecule has 0 bridgehead atoms. The van der Waals surface area contributed by atoms with Crippen molar-refractivity contribution in [3.05, 3.63) is 33.7 Å². The van der Waals surface area contributed by atoms with Crippen molar-refractivity contribution in [2.75, 3.05) is 18.0 Å². The Morgan fingerprint density at radius 3 is 2.57 bits per heavy atom. The zero-order valence-electron chi connectivity index (χ0n) is 14.3. The Morgan fingerprint density at radius 1 is 1.30 bits per heavy atom. The SMILES string of the molecule is Cc1cc2c(=O)cc(N3CCC(C)(C)CC3)oc2c([C@@H](C)N)n1. The van der Waals surface area contributed by atoms with Gasteiger partial charge in [-0.3, -0.25) is 9.78 Å². The fourth-order valence-corrected chi connectivity index (χ4v) is 3.10. The van der Waals surface area contributed by atoms with Crippen LogP contribution in [-0.4, -0.2) is 18.1 Å². The number of piperidine rings is 1. The molecule has 3 rings (SSSR count). The van der Waals surface area contributed by atoms with Crippen LogP contribution in [0.3, 0.4) is 0 Å². The molecule has 1 aliphatic heterocycles. The van der Waals surface area contributed by atoms with Gasteiger partial charge in [-0.15, -0.1) is 0 Å². The molecule has 1 aliphatic rings. The Morgan fingerprint density at radius 2 is 1.96 bits per heavy atom. The lowest BCUT2D eigenvalue weighted by Crippen LogP contribution is -2.37. The van der Waals surface area contributed by atoms with Gasteiger partial charge in [0.2, 0.25) is 0 Å². The molecule has 0 unspecified atom stereocenters. The van der Waals surface area contributed by atoms with Crippen LogP contribution in [0, 0.1) is 12.3 Å². The molecule has 0 spiro atoms. The first-order chi connectivity index (χ1) is 10.8. The minimum atomic E-state index is -0.281. The van der Waals surface area contributed by atoms with Crippen molar-refractivity contribution in [3.8, 4) is 0 Å². The Bertz CT molecular complexity index is 783. The van der Waals surface area contributed by atoms with E-state index < -0.39 is 0 Å². The molecule has 5 nitrogen and oxygen atoms in total. The quantitative estimate of drug-likeness (QED) is 0.921. The van der Waals surface area contributed by atoms with Gasteiger partial charge in [-0.25, -0.2) is 0 Å². The molecule has 0 amide bonds. The number of hydrogen-bond donors (Lipinski definition) is 1. The van der Waals surface area contributed by atoms with E-state index in [0.29, 0.717) is 28.0 Å². The van der Waals surface area contributed by atoms with Crippen molar-refractivity contribution in [3.63, 3.8) is 0 Å².